The molecule has 1 aliphatic rings. The van der Waals surface area contributed by atoms with Crippen LogP contribution in [-0.2, 0) is 4.79 Å². The van der Waals surface area contributed by atoms with Crippen LogP contribution in [0.15, 0.2) is 41.5 Å². The van der Waals surface area contributed by atoms with Gasteiger partial charge in [0, 0.05) is 30.0 Å². The number of benzene rings is 1. The predicted molar refractivity (Wildman–Crippen MR) is 80.4 cm³/mol. The Kier molecular flexibility index (Phi) is 3.39. The third kappa shape index (κ3) is 2.90. The Hall–Kier alpha value is -2.34. The van der Waals surface area contributed by atoms with Gasteiger partial charge in [0.1, 0.15) is 0 Å². The molecule has 0 saturated heterocycles. The standard InChI is InChI=1S/C15H18N4O2/c16-15(6-1-7-15)10-13(20)18-11-2-4-12(5-3-11)19-9-8-17-14(19)21/h2-5,8-9H,1,6-7,10,16H2,(H,17,21)(H,18,20). The first kappa shape index (κ1) is 13.6. The van der Waals surface area contributed by atoms with Crippen LogP contribution in [0.2, 0.25) is 0 Å². The van der Waals surface area contributed by atoms with Crippen molar-refractivity contribution in [1.29, 1.82) is 0 Å². The normalized spacial score (nSPS) is 16.2. The van der Waals surface area contributed by atoms with Gasteiger partial charge in [-0.1, -0.05) is 0 Å². The topological polar surface area (TPSA) is 92.9 Å². The summed E-state index contributed by atoms with van der Waals surface area (Å²) in [5, 5.41) is 2.84. The molecule has 0 unspecified atom stereocenters. The highest BCUT2D eigenvalue weighted by Crippen LogP contribution is 2.32. The van der Waals surface area contributed by atoms with Gasteiger partial charge >= 0.3 is 5.69 Å². The van der Waals surface area contributed by atoms with Crippen molar-refractivity contribution < 1.29 is 4.79 Å². The molecular formula is C15H18N4O2. The Morgan fingerprint density at radius 3 is 2.57 bits per heavy atom. The number of hydrogen-bond donors (Lipinski definition) is 3. The summed E-state index contributed by atoms with van der Waals surface area (Å²) < 4.78 is 1.49. The molecule has 110 valence electrons. The van der Waals surface area contributed by atoms with Gasteiger partial charge in [0.2, 0.25) is 5.91 Å². The second-order valence-electron chi connectivity index (χ2n) is 5.62. The fourth-order valence-electron chi connectivity index (χ4n) is 2.56. The van der Waals surface area contributed by atoms with Crippen molar-refractivity contribution in [2.75, 3.05) is 5.32 Å². The molecule has 1 aromatic heterocycles. The highest BCUT2D eigenvalue weighted by Gasteiger charge is 2.34. The van der Waals surface area contributed by atoms with Crippen LogP contribution in [0.3, 0.4) is 0 Å². The molecule has 4 N–H and O–H groups in total. The van der Waals surface area contributed by atoms with Gasteiger partial charge in [0.15, 0.2) is 0 Å². The van der Waals surface area contributed by atoms with Crippen LogP contribution in [0.1, 0.15) is 25.7 Å². The van der Waals surface area contributed by atoms with Crippen molar-refractivity contribution in [2.24, 2.45) is 5.73 Å². The number of H-pyrrole nitrogens is 1. The van der Waals surface area contributed by atoms with Crippen molar-refractivity contribution in [3.63, 3.8) is 0 Å². The van der Waals surface area contributed by atoms with E-state index in [1.807, 2.05) is 0 Å². The molecule has 0 atom stereocenters. The molecule has 1 heterocycles. The first-order chi connectivity index (χ1) is 10.1. The zero-order chi connectivity index (χ0) is 14.9. The van der Waals surface area contributed by atoms with Gasteiger partial charge in [0.25, 0.3) is 0 Å². The smallest absolute Gasteiger partial charge is 0.326 e. The number of nitrogens with zero attached hydrogens (tertiary/aromatic N) is 1. The van der Waals surface area contributed by atoms with E-state index in [1.165, 1.54) is 4.57 Å². The molecule has 1 amide bonds. The number of rotatable bonds is 4. The van der Waals surface area contributed by atoms with Crippen LogP contribution >= 0.6 is 0 Å². The minimum absolute atomic E-state index is 0.0660. The van der Waals surface area contributed by atoms with E-state index >= 15 is 0 Å². The summed E-state index contributed by atoms with van der Waals surface area (Å²) in [7, 11) is 0. The van der Waals surface area contributed by atoms with E-state index in [9.17, 15) is 9.59 Å². The van der Waals surface area contributed by atoms with Crippen molar-refractivity contribution in [3.8, 4) is 5.69 Å². The molecule has 21 heavy (non-hydrogen) atoms. The van der Waals surface area contributed by atoms with Crippen LogP contribution < -0.4 is 16.7 Å². The molecule has 6 heteroatoms. The van der Waals surface area contributed by atoms with E-state index in [4.69, 9.17) is 5.73 Å². The summed E-state index contributed by atoms with van der Waals surface area (Å²) >= 11 is 0. The zero-order valence-corrected chi connectivity index (χ0v) is 11.6. The summed E-state index contributed by atoms with van der Waals surface area (Å²) in [5.74, 6) is -0.0660. The Morgan fingerprint density at radius 2 is 2.05 bits per heavy atom. The number of aromatic nitrogens is 2. The number of nitrogens with two attached hydrogens (primary N) is 1. The minimum atomic E-state index is -0.317. The van der Waals surface area contributed by atoms with E-state index in [2.05, 4.69) is 10.3 Å². The lowest BCUT2D eigenvalue weighted by molar-refractivity contribution is -0.118. The van der Waals surface area contributed by atoms with Gasteiger partial charge in [0.05, 0.1) is 5.69 Å². The van der Waals surface area contributed by atoms with Crippen LogP contribution in [-0.4, -0.2) is 21.0 Å². The molecule has 1 aliphatic carbocycles. The number of imidazole rings is 1. The summed E-state index contributed by atoms with van der Waals surface area (Å²) in [4.78, 5) is 26.0. The Bertz CT molecular complexity index is 695. The number of carbonyl (C=O) groups is 1. The first-order valence-electron chi connectivity index (χ1n) is 7.01. The lowest BCUT2D eigenvalue weighted by Crippen LogP contribution is -2.48. The summed E-state index contributed by atoms with van der Waals surface area (Å²) in [5.41, 5.74) is 7.00. The maximum atomic E-state index is 11.9. The molecule has 0 aliphatic heterocycles. The average molecular weight is 286 g/mol. The highest BCUT2D eigenvalue weighted by atomic mass is 16.2. The monoisotopic (exact) mass is 286 g/mol. The summed E-state index contributed by atoms with van der Waals surface area (Å²) in [6.45, 7) is 0. The van der Waals surface area contributed by atoms with E-state index in [1.54, 1.807) is 36.7 Å². The van der Waals surface area contributed by atoms with Gasteiger partial charge in [-0.25, -0.2) is 4.79 Å². The highest BCUT2D eigenvalue weighted by molar-refractivity contribution is 5.91. The fourth-order valence-corrected chi connectivity index (χ4v) is 2.56. The van der Waals surface area contributed by atoms with Crippen LogP contribution in [0, 0.1) is 0 Å². The lowest BCUT2D eigenvalue weighted by Gasteiger charge is -2.37. The molecule has 1 aromatic carbocycles. The van der Waals surface area contributed by atoms with Gasteiger partial charge in [-0.2, -0.15) is 0 Å². The maximum Gasteiger partial charge on any atom is 0.330 e. The fraction of sp³-hybridized carbons (Fsp3) is 0.333. The quantitative estimate of drug-likeness (QED) is 0.792. The summed E-state index contributed by atoms with van der Waals surface area (Å²) in [6.07, 6.45) is 6.52. The van der Waals surface area contributed by atoms with E-state index in [-0.39, 0.29) is 17.1 Å². The van der Waals surface area contributed by atoms with Crippen molar-refractivity contribution in [2.45, 2.75) is 31.2 Å². The van der Waals surface area contributed by atoms with Gasteiger partial charge < -0.3 is 16.0 Å². The molecule has 0 spiro atoms. The number of nitrogens with one attached hydrogen (secondary N) is 2. The largest absolute Gasteiger partial charge is 0.330 e. The number of amides is 1. The van der Waals surface area contributed by atoms with Gasteiger partial charge in [-0.3, -0.25) is 9.36 Å². The van der Waals surface area contributed by atoms with Crippen molar-refractivity contribution in [3.05, 3.63) is 47.1 Å². The third-order valence-corrected chi connectivity index (χ3v) is 3.94. The number of aromatic amines is 1. The molecule has 1 fully saturated rings. The number of carbonyl (C=O) groups excluding carboxylic acids is 1. The van der Waals surface area contributed by atoms with E-state index in [0.29, 0.717) is 12.1 Å². The number of hydrogen-bond acceptors (Lipinski definition) is 3. The molecule has 6 nitrogen and oxygen atoms in total. The molecule has 0 radical (unpaired) electrons. The van der Waals surface area contributed by atoms with Gasteiger partial charge in [-0.15, -0.1) is 0 Å². The SMILES string of the molecule is NC1(CC(=O)Nc2ccc(-n3cc[nH]c3=O)cc2)CCC1. The second-order valence-corrected chi connectivity index (χ2v) is 5.62. The molecule has 0 bridgehead atoms. The Morgan fingerprint density at radius 1 is 1.33 bits per heavy atom. The molecule has 2 aromatic rings. The molecular weight excluding hydrogens is 268 g/mol. The number of anilines is 1. The van der Waals surface area contributed by atoms with Crippen LogP contribution in [0.5, 0.6) is 0 Å². The lowest BCUT2D eigenvalue weighted by atomic mass is 9.75. The van der Waals surface area contributed by atoms with Crippen molar-refractivity contribution >= 4 is 11.6 Å². The maximum absolute atomic E-state index is 11.9. The minimum Gasteiger partial charge on any atom is -0.326 e. The zero-order valence-electron chi connectivity index (χ0n) is 11.6. The third-order valence-electron chi connectivity index (χ3n) is 3.94. The Balaban J connectivity index is 1.66. The average Bonchev–Trinajstić information content (AvgIpc) is 2.84. The van der Waals surface area contributed by atoms with Crippen LogP contribution in [0.25, 0.3) is 5.69 Å². The van der Waals surface area contributed by atoms with Crippen LogP contribution in [0.4, 0.5) is 5.69 Å². The molecule has 1 saturated carbocycles. The predicted octanol–water partition coefficient (Wildman–Crippen LogP) is 1.38. The van der Waals surface area contributed by atoms with Crippen molar-refractivity contribution in [1.82, 2.24) is 9.55 Å². The summed E-state index contributed by atoms with van der Waals surface area (Å²) in [6, 6.07) is 7.12. The first-order valence-corrected chi connectivity index (χ1v) is 7.01. The van der Waals surface area contributed by atoms with E-state index < -0.39 is 0 Å². The van der Waals surface area contributed by atoms with Gasteiger partial charge in [-0.05, 0) is 43.5 Å². The second kappa shape index (κ2) is 5.21. The molecule has 3 rings (SSSR count). The van der Waals surface area contributed by atoms with E-state index in [0.717, 1.165) is 24.9 Å². The Labute approximate surface area is 122 Å².